The molecule has 0 spiro atoms. The number of rotatable bonds is 4. The van der Waals surface area contributed by atoms with E-state index in [2.05, 4.69) is 6.07 Å². The molecular formula is C26H15Cl2F2N2O. The summed E-state index contributed by atoms with van der Waals surface area (Å²) in [5.41, 5.74) is 8.32. The van der Waals surface area contributed by atoms with Gasteiger partial charge in [0.05, 0.1) is 17.6 Å². The molecule has 5 aromatic rings. The molecule has 7 heteroatoms. The third-order valence-electron chi connectivity index (χ3n) is 5.69. The van der Waals surface area contributed by atoms with Crippen molar-refractivity contribution in [3.05, 3.63) is 106 Å². The van der Waals surface area contributed by atoms with Crippen LogP contribution in [0.5, 0.6) is 0 Å². The molecule has 0 bridgehead atoms. The minimum Gasteiger partial charge on any atom is -0.366 e. The number of hydrogen-bond acceptors (Lipinski definition) is 1. The molecule has 163 valence electrons. The lowest BCUT2D eigenvalue weighted by Crippen LogP contribution is -2.11. The quantitative estimate of drug-likeness (QED) is 0.296. The Hall–Kier alpha value is -3.41. The van der Waals surface area contributed by atoms with Crippen molar-refractivity contribution >= 4 is 50.9 Å². The van der Waals surface area contributed by atoms with Crippen LogP contribution in [0, 0.1) is 17.7 Å². The molecule has 5 rings (SSSR count). The number of primary amides is 1. The lowest BCUT2D eigenvalue weighted by Gasteiger charge is -2.11. The Morgan fingerprint density at radius 1 is 0.939 bits per heavy atom. The zero-order valence-electron chi connectivity index (χ0n) is 17.0. The van der Waals surface area contributed by atoms with Gasteiger partial charge in [0.2, 0.25) is 5.91 Å². The molecular weight excluding hydrogens is 465 g/mol. The lowest BCUT2D eigenvalue weighted by molar-refractivity contribution is 0.100. The summed E-state index contributed by atoms with van der Waals surface area (Å²) < 4.78 is 30.8. The minimum absolute atomic E-state index is 0.0954. The summed E-state index contributed by atoms with van der Waals surface area (Å²) in [6, 6.07) is 20.8. The summed E-state index contributed by atoms with van der Waals surface area (Å²) in [4.78, 5) is 12.2. The fraction of sp³-hybridized carbons (Fsp3) is 0.0385. The topological polar surface area (TPSA) is 48.0 Å². The Kier molecular flexibility index (Phi) is 5.31. The van der Waals surface area contributed by atoms with E-state index in [4.69, 9.17) is 28.9 Å². The molecule has 0 aliphatic heterocycles. The molecule has 0 fully saturated rings. The maximum absolute atomic E-state index is 14.5. The largest absolute Gasteiger partial charge is 0.366 e. The second kappa shape index (κ2) is 8.18. The summed E-state index contributed by atoms with van der Waals surface area (Å²) >= 11 is 12.8. The van der Waals surface area contributed by atoms with Gasteiger partial charge in [0.25, 0.3) is 0 Å². The van der Waals surface area contributed by atoms with E-state index in [1.165, 1.54) is 18.2 Å². The van der Waals surface area contributed by atoms with Crippen molar-refractivity contribution in [3.8, 4) is 11.1 Å². The number of benzene rings is 4. The standard InChI is InChI=1S/C26H15Cl2F2N2O/c27-18-5-2-6-19(28)24(18)14-10-11-15-23(12-14)32(13-17-20(29)7-3-8-21(17)30)22-9-1-4-16(25(15)22)26(31)33/h1-10,12H,13H2,(H2,31,33). The highest BCUT2D eigenvalue weighted by atomic mass is 35.5. The molecule has 4 aromatic carbocycles. The molecule has 1 aromatic heterocycles. The van der Waals surface area contributed by atoms with E-state index in [0.717, 1.165) is 0 Å². The molecule has 3 nitrogen and oxygen atoms in total. The van der Waals surface area contributed by atoms with E-state index in [-0.39, 0.29) is 12.1 Å². The van der Waals surface area contributed by atoms with Crippen LogP contribution < -0.4 is 5.73 Å². The summed E-state index contributed by atoms with van der Waals surface area (Å²) in [5, 5.41) is 2.07. The number of nitrogens with two attached hydrogens (primary N) is 1. The molecule has 0 aliphatic rings. The van der Waals surface area contributed by atoms with Gasteiger partial charge in [-0.1, -0.05) is 41.4 Å². The van der Waals surface area contributed by atoms with E-state index in [9.17, 15) is 13.6 Å². The zero-order chi connectivity index (χ0) is 23.3. The van der Waals surface area contributed by atoms with Gasteiger partial charge in [-0.05, 0) is 60.2 Å². The van der Waals surface area contributed by atoms with Gasteiger partial charge in [0.15, 0.2) is 0 Å². The van der Waals surface area contributed by atoms with Gasteiger partial charge in [-0.2, -0.15) is 0 Å². The van der Waals surface area contributed by atoms with E-state index < -0.39 is 17.5 Å². The number of aromatic nitrogens is 1. The highest BCUT2D eigenvalue weighted by Crippen LogP contribution is 2.39. The van der Waals surface area contributed by atoms with Crippen molar-refractivity contribution in [3.63, 3.8) is 0 Å². The van der Waals surface area contributed by atoms with Gasteiger partial charge < -0.3 is 10.3 Å². The second-order valence-corrected chi connectivity index (χ2v) is 8.41. The summed E-state index contributed by atoms with van der Waals surface area (Å²) in [6.45, 7) is -0.103. The number of carbonyl (C=O) groups excluding carboxylic acids is 1. The smallest absolute Gasteiger partial charge is 0.249 e. The Balaban J connectivity index is 1.86. The summed E-state index contributed by atoms with van der Waals surface area (Å²) in [5.74, 6) is -1.93. The van der Waals surface area contributed by atoms with Gasteiger partial charge in [-0.3, -0.25) is 4.79 Å². The molecule has 1 heterocycles. The van der Waals surface area contributed by atoms with Crippen LogP contribution in [0.25, 0.3) is 32.9 Å². The third kappa shape index (κ3) is 3.54. The first kappa shape index (κ1) is 21.4. The Bertz CT molecular complexity index is 1540. The Labute approximate surface area is 197 Å². The molecule has 0 saturated heterocycles. The first-order valence-corrected chi connectivity index (χ1v) is 10.8. The first-order valence-electron chi connectivity index (χ1n) is 10.0. The fourth-order valence-corrected chi connectivity index (χ4v) is 4.81. The van der Waals surface area contributed by atoms with E-state index in [0.29, 0.717) is 48.5 Å². The number of fused-ring (bicyclic) bond motifs is 3. The molecule has 2 N–H and O–H groups in total. The molecule has 33 heavy (non-hydrogen) atoms. The molecule has 1 radical (unpaired) electrons. The molecule has 0 unspecified atom stereocenters. The van der Waals surface area contributed by atoms with Crippen molar-refractivity contribution in [1.29, 1.82) is 0 Å². The summed E-state index contributed by atoms with van der Waals surface area (Å²) in [6.07, 6.45) is 0. The van der Waals surface area contributed by atoms with Crippen molar-refractivity contribution in [1.82, 2.24) is 4.57 Å². The molecule has 0 atom stereocenters. The van der Waals surface area contributed by atoms with Crippen molar-refractivity contribution in [2.45, 2.75) is 6.54 Å². The average molecular weight is 480 g/mol. The molecule has 0 saturated carbocycles. The second-order valence-electron chi connectivity index (χ2n) is 7.60. The highest BCUT2D eigenvalue weighted by molar-refractivity contribution is 6.39. The SMILES string of the molecule is NC(=O)c1cccc2c1c1[c]cc(-c3c(Cl)cccc3Cl)cc1n2Cc1c(F)cccc1F. The van der Waals surface area contributed by atoms with E-state index in [1.807, 2.05) is 6.07 Å². The fourth-order valence-electron chi connectivity index (χ4n) is 4.19. The van der Waals surface area contributed by atoms with Gasteiger partial charge >= 0.3 is 0 Å². The first-order chi connectivity index (χ1) is 15.9. The predicted molar refractivity (Wildman–Crippen MR) is 128 cm³/mol. The normalized spacial score (nSPS) is 11.4. The van der Waals surface area contributed by atoms with Crippen molar-refractivity contribution in [2.75, 3.05) is 0 Å². The maximum Gasteiger partial charge on any atom is 0.249 e. The van der Waals surface area contributed by atoms with Gasteiger partial charge in [0.1, 0.15) is 11.6 Å². The number of hydrogen-bond donors (Lipinski definition) is 1. The van der Waals surface area contributed by atoms with E-state index >= 15 is 0 Å². The van der Waals surface area contributed by atoms with Crippen LogP contribution in [0.3, 0.4) is 0 Å². The maximum atomic E-state index is 14.5. The molecule has 1 amide bonds. The monoisotopic (exact) mass is 479 g/mol. The van der Waals surface area contributed by atoms with Crippen LogP contribution in [0.2, 0.25) is 10.0 Å². The van der Waals surface area contributed by atoms with Gasteiger partial charge in [-0.25, -0.2) is 8.78 Å². The van der Waals surface area contributed by atoms with Crippen LogP contribution in [-0.2, 0) is 6.54 Å². The van der Waals surface area contributed by atoms with Gasteiger partial charge in [-0.15, -0.1) is 0 Å². The van der Waals surface area contributed by atoms with Crippen molar-refractivity contribution in [2.24, 2.45) is 5.73 Å². The van der Waals surface area contributed by atoms with Crippen LogP contribution >= 0.6 is 23.2 Å². The predicted octanol–water partition coefficient (Wildman–Crippen LogP) is 6.99. The number of nitrogens with zero attached hydrogens (tertiary/aromatic N) is 1. The summed E-state index contributed by atoms with van der Waals surface area (Å²) in [7, 11) is 0. The lowest BCUT2D eigenvalue weighted by atomic mass is 10.0. The average Bonchev–Trinajstić information content (AvgIpc) is 3.09. The zero-order valence-corrected chi connectivity index (χ0v) is 18.5. The van der Waals surface area contributed by atoms with Crippen LogP contribution in [0.15, 0.2) is 66.7 Å². The minimum atomic E-state index is -0.662. The van der Waals surface area contributed by atoms with Crippen LogP contribution in [-0.4, -0.2) is 10.5 Å². The molecule has 0 aliphatic carbocycles. The number of amides is 1. The third-order valence-corrected chi connectivity index (χ3v) is 6.32. The number of carbonyl (C=O) groups is 1. The number of halogens is 4. The Morgan fingerprint density at radius 2 is 1.58 bits per heavy atom. The van der Waals surface area contributed by atoms with Crippen LogP contribution in [0.1, 0.15) is 15.9 Å². The highest BCUT2D eigenvalue weighted by Gasteiger charge is 2.20. The Morgan fingerprint density at radius 3 is 2.24 bits per heavy atom. The van der Waals surface area contributed by atoms with Gasteiger partial charge in [0, 0.05) is 37.5 Å². The van der Waals surface area contributed by atoms with E-state index in [1.54, 1.807) is 47.0 Å². The van der Waals surface area contributed by atoms with Crippen molar-refractivity contribution < 1.29 is 13.6 Å². The van der Waals surface area contributed by atoms with Crippen LogP contribution in [0.4, 0.5) is 8.78 Å².